The third-order valence-corrected chi connectivity index (χ3v) is 4.19. The number of aromatic nitrogens is 1. The summed E-state index contributed by atoms with van der Waals surface area (Å²) in [6, 6.07) is 10.3. The highest BCUT2D eigenvalue weighted by molar-refractivity contribution is 5.98. The number of hydrogen-bond donors (Lipinski definition) is 2. The largest absolute Gasteiger partial charge is 0.481 e. The second-order valence-electron chi connectivity index (χ2n) is 6.90. The van der Waals surface area contributed by atoms with E-state index in [1.165, 1.54) is 0 Å². The van der Waals surface area contributed by atoms with Gasteiger partial charge in [0.15, 0.2) is 0 Å². The number of rotatable bonds is 8. The second kappa shape index (κ2) is 9.71. The topological polar surface area (TPSA) is 80.3 Å². The average Bonchev–Trinajstić information content (AvgIpc) is 2.65. The first kappa shape index (κ1) is 20.4. The fourth-order valence-corrected chi connectivity index (χ4v) is 2.72. The van der Waals surface area contributed by atoms with E-state index in [0.29, 0.717) is 24.4 Å². The van der Waals surface area contributed by atoms with E-state index in [-0.39, 0.29) is 17.7 Å². The Morgan fingerprint density at radius 1 is 1.15 bits per heavy atom. The Kier molecular flexibility index (Phi) is 7.34. The monoisotopic (exact) mass is 369 g/mol. The maximum Gasteiger partial charge on any atom is 0.252 e. The molecule has 2 aromatic rings. The van der Waals surface area contributed by atoms with Crippen LogP contribution in [0.5, 0.6) is 5.88 Å². The molecular weight excluding hydrogens is 342 g/mol. The highest BCUT2D eigenvalue weighted by Gasteiger charge is 2.23. The predicted octanol–water partition coefficient (Wildman–Crippen LogP) is 2.86. The quantitative estimate of drug-likeness (QED) is 0.750. The molecule has 1 aromatic carbocycles. The molecule has 0 aliphatic rings. The predicted molar refractivity (Wildman–Crippen MR) is 105 cm³/mol. The molecule has 1 aromatic heterocycles. The van der Waals surface area contributed by atoms with Crippen molar-refractivity contribution in [2.24, 2.45) is 5.92 Å². The van der Waals surface area contributed by atoms with Crippen molar-refractivity contribution in [3.05, 3.63) is 59.3 Å². The van der Waals surface area contributed by atoms with Crippen molar-refractivity contribution >= 4 is 11.8 Å². The molecule has 6 nitrogen and oxygen atoms in total. The molecule has 0 saturated heterocycles. The number of aryl methyl sites for hydroxylation is 1. The van der Waals surface area contributed by atoms with Crippen LogP contribution in [0, 0.1) is 12.8 Å². The van der Waals surface area contributed by atoms with Gasteiger partial charge in [-0.1, -0.05) is 38.1 Å². The summed E-state index contributed by atoms with van der Waals surface area (Å²) in [7, 11) is 1.55. The molecule has 1 atom stereocenters. The Bertz CT molecular complexity index is 772. The van der Waals surface area contributed by atoms with Crippen LogP contribution in [0.3, 0.4) is 0 Å². The van der Waals surface area contributed by atoms with Crippen LogP contribution in [-0.4, -0.2) is 29.9 Å². The summed E-state index contributed by atoms with van der Waals surface area (Å²) in [5, 5.41) is 5.75. The molecule has 2 amide bonds. The Morgan fingerprint density at radius 3 is 2.48 bits per heavy atom. The van der Waals surface area contributed by atoms with Crippen LogP contribution in [0.25, 0.3) is 0 Å². The number of carbonyl (C=O) groups excluding carboxylic acids is 2. The van der Waals surface area contributed by atoms with Crippen molar-refractivity contribution in [3.8, 4) is 5.88 Å². The van der Waals surface area contributed by atoms with Gasteiger partial charge in [0.2, 0.25) is 11.8 Å². The standard InChI is InChI=1S/C21H27N3O3/c1-14(2)11-18(24-20(25)17-8-6-5-7-15(17)3)21(26)23-13-16-9-10-19(27-4)22-12-16/h5-10,12,14,18H,11,13H2,1-4H3,(H,23,26)(H,24,25)/t18-/m0/s1. The van der Waals surface area contributed by atoms with E-state index in [1.54, 1.807) is 25.4 Å². The minimum atomic E-state index is -0.594. The number of pyridine rings is 1. The molecule has 1 heterocycles. The lowest BCUT2D eigenvalue weighted by atomic mass is 10.0. The van der Waals surface area contributed by atoms with Gasteiger partial charge in [-0.25, -0.2) is 4.98 Å². The normalized spacial score (nSPS) is 11.7. The van der Waals surface area contributed by atoms with Gasteiger partial charge in [0, 0.05) is 24.4 Å². The first-order chi connectivity index (χ1) is 12.9. The van der Waals surface area contributed by atoms with E-state index in [2.05, 4.69) is 15.6 Å². The summed E-state index contributed by atoms with van der Waals surface area (Å²) in [6.07, 6.45) is 2.22. The van der Waals surface area contributed by atoms with Crippen molar-refractivity contribution in [1.82, 2.24) is 15.6 Å². The molecule has 27 heavy (non-hydrogen) atoms. The fraction of sp³-hybridized carbons (Fsp3) is 0.381. The lowest BCUT2D eigenvalue weighted by Gasteiger charge is -2.20. The lowest BCUT2D eigenvalue weighted by Crippen LogP contribution is -2.47. The van der Waals surface area contributed by atoms with Crippen molar-refractivity contribution in [3.63, 3.8) is 0 Å². The third kappa shape index (κ3) is 6.09. The van der Waals surface area contributed by atoms with Crippen LogP contribution in [0.15, 0.2) is 42.6 Å². The van der Waals surface area contributed by atoms with E-state index >= 15 is 0 Å². The summed E-state index contributed by atoms with van der Waals surface area (Å²) in [4.78, 5) is 29.4. The van der Waals surface area contributed by atoms with Crippen LogP contribution in [0.4, 0.5) is 0 Å². The van der Waals surface area contributed by atoms with Crippen molar-refractivity contribution < 1.29 is 14.3 Å². The van der Waals surface area contributed by atoms with Crippen LogP contribution in [-0.2, 0) is 11.3 Å². The maximum atomic E-state index is 12.7. The van der Waals surface area contributed by atoms with E-state index in [9.17, 15) is 9.59 Å². The minimum Gasteiger partial charge on any atom is -0.481 e. The van der Waals surface area contributed by atoms with Gasteiger partial charge in [-0.3, -0.25) is 9.59 Å². The highest BCUT2D eigenvalue weighted by atomic mass is 16.5. The molecule has 2 N–H and O–H groups in total. The molecule has 0 bridgehead atoms. The third-order valence-electron chi connectivity index (χ3n) is 4.19. The zero-order chi connectivity index (χ0) is 19.8. The molecule has 144 valence electrons. The molecule has 0 radical (unpaired) electrons. The number of nitrogens with zero attached hydrogens (tertiary/aromatic N) is 1. The van der Waals surface area contributed by atoms with Gasteiger partial charge in [-0.05, 0) is 36.5 Å². The number of benzene rings is 1. The molecule has 0 unspecified atom stereocenters. The van der Waals surface area contributed by atoms with E-state index in [4.69, 9.17) is 4.74 Å². The van der Waals surface area contributed by atoms with Gasteiger partial charge >= 0.3 is 0 Å². The fourth-order valence-electron chi connectivity index (χ4n) is 2.72. The van der Waals surface area contributed by atoms with Crippen LogP contribution >= 0.6 is 0 Å². The number of methoxy groups -OCH3 is 1. The van der Waals surface area contributed by atoms with Crippen molar-refractivity contribution in [1.29, 1.82) is 0 Å². The molecule has 2 rings (SSSR count). The number of carbonyl (C=O) groups is 2. The number of ether oxygens (including phenoxy) is 1. The minimum absolute atomic E-state index is 0.207. The molecule has 0 spiro atoms. The Hall–Kier alpha value is -2.89. The van der Waals surface area contributed by atoms with Gasteiger partial charge in [0.05, 0.1) is 7.11 Å². The Balaban J connectivity index is 2.02. The van der Waals surface area contributed by atoms with Crippen LogP contribution < -0.4 is 15.4 Å². The van der Waals surface area contributed by atoms with Gasteiger partial charge in [0.1, 0.15) is 6.04 Å². The van der Waals surface area contributed by atoms with E-state index in [1.807, 2.05) is 45.0 Å². The van der Waals surface area contributed by atoms with Crippen LogP contribution in [0.2, 0.25) is 0 Å². The van der Waals surface area contributed by atoms with Crippen LogP contribution in [0.1, 0.15) is 41.8 Å². The summed E-state index contributed by atoms with van der Waals surface area (Å²) < 4.78 is 5.03. The van der Waals surface area contributed by atoms with Gasteiger partial charge in [-0.15, -0.1) is 0 Å². The lowest BCUT2D eigenvalue weighted by molar-refractivity contribution is -0.123. The number of hydrogen-bond acceptors (Lipinski definition) is 4. The van der Waals surface area contributed by atoms with Gasteiger partial charge in [0.25, 0.3) is 5.91 Å². The molecular formula is C21H27N3O3. The number of amides is 2. The smallest absolute Gasteiger partial charge is 0.252 e. The van der Waals surface area contributed by atoms with Crippen molar-refractivity contribution in [2.75, 3.05) is 7.11 Å². The maximum absolute atomic E-state index is 12.7. The zero-order valence-electron chi connectivity index (χ0n) is 16.3. The molecule has 0 aliphatic carbocycles. The number of nitrogens with one attached hydrogen (secondary N) is 2. The Morgan fingerprint density at radius 2 is 1.89 bits per heavy atom. The summed E-state index contributed by atoms with van der Waals surface area (Å²) in [5.41, 5.74) is 2.32. The van der Waals surface area contributed by atoms with E-state index in [0.717, 1.165) is 11.1 Å². The first-order valence-corrected chi connectivity index (χ1v) is 9.03. The zero-order valence-corrected chi connectivity index (χ0v) is 16.3. The second-order valence-corrected chi connectivity index (χ2v) is 6.90. The van der Waals surface area contributed by atoms with E-state index < -0.39 is 6.04 Å². The average molecular weight is 369 g/mol. The Labute approximate surface area is 160 Å². The molecule has 0 fully saturated rings. The first-order valence-electron chi connectivity index (χ1n) is 9.03. The summed E-state index contributed by atoms with van der Waals surface area (Å²) in [6.45, 7) is 6.26. The SMILES string of the molecule is COc1ccc(CNC(=O)[C@H](CC(C)C)NC(=O)c2ccccc2C)cn1. The van der Waals surface area contributed by atoms with Crippen molar-refractivity contribution in [2.45, 2.75) is 39.8 Å². The molecule has 0 aliphatic heterocycles. The summed E-state index contributed by atoms with van der Waals surface area (Å²) >= 11 is 0. The van der Waals surface area contributed by atoms with Gasteiger partial charge < -0.3 is 15.4 Å². The van der Waals surface area contributed by atoms with Gasteiger partial charge in [-0.2, -0.15) is 0 Å². The molecule has 6 heteroatoms. The molecule has 0 saturated carbocycles. The summed E-state index contributed by atoms with van der Waals surface area (Å²) in [5.74, 6) is 0.343. The highest BCUT2D eigenvalue weighted by Crippen LogP contribution is 2.11.